The van der Waals surface area contributed by atoms with Crippen molar-refractivity contribution >= 4 is 65.0 Å². The van der Waals surface area contributed by atoms with E-state index in [-0.39, 0.29) is 68.1 Å². The minimum atomic E-state index is -1.75. The SMILES string of the molecule is C/C=C/C[C@@H](C)[C@@H](O)[C@@H]1C(=O)NC([C@@H](C)O)C(=O)N(C)CC(=O)N(C)[C@@H](CC(C)C)C(=O)N[C@H](CC(C)C)C(=O)N(C)[C@H](CC(C)C)C(=O)N[C@H](C)C(=O)O[C@@H](C(C)C)C(=O)N(C)[C@H](CC(C)C)C(=O)N[C@H](CC(C)C)C(=O)N(C)[C@H](C(C)C)C(=O)N1C. The summed E-state index contributed by atoms with van der Waals surface area (Å²) in [6.45, 7) is 30.5. The largest absolute Gasteiger partial charge is 0.450 e. The van der Waals surface area contributed by atoms with E-state index in [4.69, 9.17) is 4.74 Å². The quantitative estimate of drug-likeness (QED) is 0.0900. The van der Waals surface area contributed by atoms with Gasteiger partial charge in [-0.1, -0.05) is 116 Å². The van der Waals surface area contributed by atoms with Crippen molar-refractivity contribution in [3.8, 4) is 0 Å². The molecular weight excluding hydrogens is 1130 g/mol. The summed E-state index contributed by atoms with van der Waals surface area (Å²) in [4.78, 5) is 167. The maximum atomic E-state index is 15.1. The van der Waals surface area contributed by atoms with Crippen LogP contribution in [0.2, 0.25) is 0 Å². The smallest absolute Gasteiger partial charge is 0.329 e. The summed E-state index contributed by atoms with van der Waals surface area (Å²) < 4.78 is 5.89. The molecule has 10 amide bonds. The van der Waals surface area contributed by atoms with E-state index < -0.39 is 162 Å². The molecule has 1 heterocycles. The van der Waals surface area contributed by atoms with Crippen molar-refractivity contribution < 1.29 is 67.7 Å². The molecule has 1 fully saturated rings. The Balaban J connectivity index is 4.41. The number of ether oxygens (including phenoxy) is 1. The van der Waals surface area contributed by atoms with Crippen molar-refractivity contribution in [1.29, 1.82) is 0 Å². The van der Waals surface area contributed by atoms with Gasteiger partial charge in [-0.3, -0.25) is 47.9 Å². The summed E-state index contributed by atoms with van der Waals surface area (Å²) >= 11 is 0. The first kappa shape index (κ1) is 79.8. The lowest BCUT2D eigenvalue weighted by atomic mass is 9.91. The molecule has 6 N–H and O–H groups in total. The van der Waals surface area contributed by atoms with Gasteiger partial charge < -0.3 is 65.6 Å². The normalized spacial score (nSPS) is 26.7. The fourth-order valence-corrected chi connectivity index (χ4v) is 10.8. The highest BCUT2D eigenvalue weighted by atomic mass is 16.6. The van der Waals surface area contributed by atoms with Gasteiger partial charge in [0, 0.05) is 42.3 Å². The first-order valence-electron chi connectivity index (χ1n) is 31.5. The van der Waals surface area contributed by atoms with E-state index in [1.54, 1.807) is 53.7 Å². The molecule has 1 unspecified atom stereocenters. The van der Waals surface area contributed by atoms with Gasteiger partial charge >= 0.3 is 5.97 Å². The van der Waals surface area contributed by atoms with Gasteiger partial charge in [-0.15, -0.1) is 0 Å². The number of carbonyl (C=O) groups excluding carboxylic acids is 11. The zero-order chi connectivity index (χ0) is 68.3. The Labute approximate surface area is 525 Å². The van der Waals surface area contributed by atoms with E-state index in [9.17, 15) is 58.2 Å². The van der Waals surface area contributed by atoms with Gasteiger partial charge in [0.15, 0.2) is 6.10 Å². The Morgan fingerprint density at radius 1 is 0.477 bits per heavy atom. The molecule has 0 aromatic rings. The molecule has 0 spiro atoms. The van der Waals surface area contributed by atoms with Crippen molar-refractivity contribution in [3.63, 3.8) is 0 Å². The van der Waals surface area contributed by atoms with Crippen molar-refractivity contribution in [3.05, 3.63) is 12.2 Å². The van der Waals surface area contributed by atoms with E-state index in [1.165, 1.54) is 70.8 Å². The van der Waals surface area contributed by atoms with E-state index in [0.717, 1.165) is 14.7 Å². The number of hydrogen-bond donors (Lipinski definition) is 6. The molecule has 1 rings (SSSR count). The topological polar surface area (TPSA) is 305 Å². The molecule has 0 bridgehead atoms. The summed E-state index contributed by atoms with van der Waals surface area (Å²) in [5.41, 5.74) is 0. The third kappa shape index (κ3) is 23.3. The van der Waals surface area contributed by atoms with Crippen molar-refractivity contribution in [1.82, 2.24) is 50.7 Å². The molecule has 0 radical (unpaired) electrons. The van der Waals surface area contributed by atoms with Crippen LogP contribution in [-0.4, -0.2) is 226 Å². The Bertz CT molecular complexity index is 2390. The highest BCUT2D eigenvalue weighted by Crippen LogP contribution is 2.25. The summed E-state index contributed by atoms with van der Waals surface area (Å²) in [5, 5.41) is 34.2. The second kappa shape index (κ2) is 36.5. The van der Waals surface area contributed by atoms with Gasteiger partial charge in [-0.05, 0) is 107 Å². The number of carbonyl (C=O) groups is 11. The molecule has 24 heteroatoms. The standard InChI is InChI=1S/C64H114N10O14/c1-25-26-27-41(16)53(77)52-58(81)68-50(43(18)75)61(84)69(19)33-49(76)70(20)46(30-36(6)7)56(79)66-44(28-34(2)3)59(82)71(21)47(31-37(8)9)55(78)65-42(17)64(87)88-54(40(14)15)63(86)72(22)48(32-38(10)11)57(80)67-45(29-35(4)5)60(83)73(23)51(39(12)13)62(85)74(52)24/h25-26,34-48,50-54,75,77H,27-33H2,1-24H3,(H,65,78)(H,66,79)(H,67,80)(H,68,81)/b26-25+/t41-,42-,43-,44-,45-,46+,47-,48-,50?,51-,52-,53-,54+/m1/s1. The number of aliphatic hydroxyl groups is 2. The van der Waals surface area contributed by atoms with Crippen LogP contribution >= 0.6 is 0 Å². The predicted molar refractivity (Wildman–Crippen MR) is 337 cm³/mol. The number of allylic oxidation sites excluding steroid dienone is 2. The van der Waals surface area contributed by atoms with Gasteiger partial charge in [0.05, 0.1) is 18.8 Å². The molecule has 24 nitrogen and oxygen atoms in total. The van der Waals surface area contributed by atoms with Crippen molar-refractivity contribution in [2.45, 2.75) is 236 Å². The van der Waals surface area contributed by atoms with Crippen LogP contribution in [0.4, 0.5) is 0 Å². The number of amides is 10. The van der Waals surface area contributed by atoms with Crippen LogP contribution < -0.4 is 21.3 Å². The van der Waals surface area contributed by atoms with E-state index >= 15 is 4.79 Å². The monoisotopic (exact) mass is 1250 g/mol. The average Bonchev–Trinajstić information content (AvgIpc) is 3.61. The number of esters is 1. The van der Waals surface area contributed by atoms with Crippen molar-refractivity contribution in [2.75, 3.05) is 48.8 Å². The molecular formula is C64H114N10O14. The summed E-state index contributed by atoms with van der Waals surface area (Å²) in [5.74, 6) is -11.6. The maximum absolute atomic E-state index is 15.1. The van der Waals surface area contributed by atoms with Gasteiger partial charge in [0.1, 0.15) is 54.4 Å². The van der Waals surface area contributed by atoms with E-state index in [0.29, 0.717) is 0 Å². The highest BCUT2D eigenvalue weighted by Gasteiger charge is 2.46. The second-order valence-corrected chi connectivity index (χ2v) is 27.3. The van der Waals surface area contributed by atoms with Crippen molar-refractivity contribution in [2.24, 2.45) is 47.3 Å². The van der Waals surface area contributed by atoms with Gasteiger partial charge in [0.2, 0.25) is 53.2 Å². The number of rotatable bonds is 17. The Hall–Kier alpha value is -6.17. The van der Waals surface area contributed by atoms with E-state index in [1.807, 2.05) is 69.2 Å². The van der Waals surface area contributed by atoms with Crippen LogP contribution in [0.1, 0.15) is 163 Å². The third-order valence-electron chi connectivity index (χ3n) is 16.1. The molecule has 504 valence electrons. The lowest BCUT2D eigenvalue weighted by molar-refractivity contribution is -0.166. The van der Waals surface area contributed by atoms with Gasteiger partial charge in [0.25, 0.3) is 5.91 Å². The fraction of sp³-hybridized carbons (Fsp3) is 0.797. The minimum Gasteiger partial charge on any atom is -0.450 e. The number of nitrogens with zero attached hydrogens (tertiary/aromatic N) is 6. The van der Waals surface area contributed by atoms with Crippen LogP contribution in [0.5, 0.6) is 0 Å². The molecule has 1 saturated heterocycles. The number of aliphatic hydroxyl groups excluding tert-OH is 2. The molecule has 0 saturated carbocycles. The molecule has 0 aromatic heterocycles. The molecule has 1 aliphatic rings. The zero-order valence-electron chi connectivity index (χ0n) is 57.6. The first-order valence-corrected chi connectivity index (χ1v) is 31.5. The lowest BCUT2D eigenvalue weighted by Gasteiger charge is -2.40. The van der Waals surface area contributed by atoms with Crippen LogP contribution in [0.15, 0.2) is 12.2 Å². The first-order chi connectivity index (χ1) is 40.5. The number of nitrogens with one attached hydrogen (secondary N) is 4. The Morgan fingerprint density at radius 3 is 1.27 bits per heavy atom. The molecule has 0 aromatic carbocycles. The van der Waals surface area contributed by atoms with Gasteiger partial charge in [-0.2, -0.15) is 0 Å². The maximum Gasteiger partial charge on any atom is 0.329 e. The summed E-state index contributed by atoms with van der Waals surface area (Å²) in [6, 6.07) is -12.2. The van der Waals surface area contributed by atoms with Gasteiger partial charge in [-0.25, -0.2) is 4.79 Å². The molecule has 88 heavy (non-hydrogen) atoms. The number of cyclic esters (lactones) is 1. The summed E-state index contributed by atoms with van der Waals surface area (Å²) in [6.07, 6.45) is -0.368. The predicted octanol–water partition coefficient (Wildman–Crippen LogP) is 3.35. The van der Waals surface area contributed by atoms with Crippen LogP contribution in [0.25, 0.3) is 0 Å². The zero-order valence-corrected chi connectivity index (χ0v) is 57.6. The summed E-state index contributed by atoms with van der Waals surface area (Å²) in [7, 11) is 8.12. The Morgan fingerprint density at radius 2 is 0.875 bits per heavy atom. The fourth-order valence-electron chi connectivity index (χ4n) is 10.8. The van der Waals surface area contributed by atoms with Crippen LogP contribution in [-0.2, 0) is 57.5 Å². The molecule has 1 aliphatic heterocycles. The minimum absolute atomic E-state index is 0.0804. The van der Waals surface area contributed by atoms with E-state index in [2.05, 4.69) is 21.3 Å². The molecule has 13 atom stereocenters. The van der Waals surface area contributed by atoms with Crippen LogP contribution in [0.3, 0.4) is 0 Å². The lowest BCUT2D eigenvalue weighted by Crippen LogP contribution is -2.64. The highest BCUT2D eigenvalue weighted by molar-refractivity contribution is 5.99. The number of hydrogen-bond acceptors (Lipinski definition) is 14. The third-order valence-corrected chi connectivity index (χ3v) is 16.1. The van der Waals surface area contributed by atoms with Crippen LogP contribution in [0, 0.1) is 47.3 Å². The Kier molecular flexibility index (Phi) is 33.1. The molecule has 0 aliphatic carbocycles. The number of likely N-dealkylation sites (N-methyl/N-ethyl adjacent to an activating group) is 6. The average molecular weight is 1250 g/mol. The second-order valence-electron chi connectivity index (χ2n) is 27.3.